The lowest BCUT2D eigenvalue weighted by Gasteiger charge is -2.30. The Morgan fingerprint density at radius 2 is 2.04 bits per heavy atom. The van der Waals surface area contributed by atoms with Gasteiger partial charge in [0.15, 0.2) is 0 Å². The van der Waals surface area contributed by atoms with E-state index in [1.54, 1.807) is 6.20 Å². The second-order valence-electron chi connectivity index (χ2n) is 6.89. The summed E-state index contributed by atoms with van der Waals surface area (Å²) in [6.45, 7) is 2.99. The summed E-state index contributed by atoms with van der Waals surface area (Å²) < 4.78 is 5.60. The summed E-state index contributed by atoms with van der Waals surface area (Å²) in [5.74, 6) is 0.541. The minimum Gasteiger partial charge on any atom is -0.386 e. The zero-order valence-corrected chi connectivity index (χ0v) is 15.3. The molecule has 0 fully saturated rings. The van der Waals surface area contributed by atoms with Crippen LogP contribution >= 0.6 is 11.6 Å². The van der Waals surface area contributed by atoms with E-state index >= 15 is 0 Å². The highest BCUT2D eigenvalue weighted by Gasteiger charge is 2.30. The van der Waals surface area contributed by atoms with Crippen molar-refractivity contribution in [3.63, 3.8) is 0 Å². The van der Waals surface area contributed by atoms with E-state index in [-0.39, 0.29) is 0 Å². The topological polar surface area (TPSA) is 60.5 Å². The van der Waals surface area contributed by atoms with Crippen molar-refractivity contribution in [3.05, 3.63) is 76.4 Å². The van der Waals surface area contributed by atoms with Gasteiger partial charge in [0.1, 0.15) is 18.0 Å². The van der Waals surface area contributed by atoms with Gasteiger partial charge in [0.05, 0.1) is 17.1 Å². The lowest BCUT2D eigenvalue weighted by Crippen LogP contribution is -2.37. The Balaban J connectivity index is 1.69. The molecule has 4 rings (SSSR count). The average molecular weight is 366 g/mol. The van der Waals surface area contributed by atoms with Crippen LogP contribution in [0.1, 0.15) is 23.6 Å². The standard InChI is InChI=1S/C21H20ClN3O/c1-21(13-26-12-19(23)25-21)17-7-2-4-14(9-17)8-15-5-3-6-16-10-18(22)11-24-20(15)16/h2-7,9-11H,8,12-13H2,1H3,(H2,23,25). The summed E-state index contributed by atoms with van der Waals surface area (Å²) in [6, 6.07) is 16.6. The van der Waals surface area contributed by atoms with E-state index in [1.807, 2.05) is 18.2 Å². The van der Waals surface area contributed by atoms with Gasteiger partial charge in [-0.3, -0.25) is 9.98 Å². The summed E-state index contributed by atoms with van der Waals surface area (Å²) in [6.07, 6.45) is 2.48. The number of benzene rings is 2. The number of rotatable bonds is 3. The first-order chi connectivity index (χ1) is 12.5. The molecule has 2 aromatic carbocycles. The van der Waals surface area contributed by atoms with E-state index in [2.05, 4.69) is 47.2 Å². The fourth-order valence-corrected chi connectivity index (χ4v) is 3.63. The van der Waals surface area contributed by atoms with Crippen molar-refractivity contribution in [1.29, 1.82) is 0 Å². The molecule has 4 nitrogen and oxygen atoms in total. The number of halogens is 1. The molecular weight excluding hydrogens is 346 g/mol. The molecule has 5 heteroatoms. The van der Waals surface area contributed by atoms with Crippen molar-refractivity contribution >= 4 is 28.3 Å². The molecule has 2 heterocycles. The number of pyridine rings is 1. The molecule has 0 saturated heterocycles. The highest BCUT2D eigenvalue weighted by molar-refractivity contribution is 6.31. The second kappa shape index (κ2) is 6.71. The van der Waals surface area contributed by atoms with Gasteiger partial charge in [-0.05, 0) is 36.1 Å². The molecule has 2 N–H and O–H groups in total. The number of para-hydroxylation sites is 1. The molecule has 0 radical (unpaired) electrons. The first-order valence-corrected chi connectivity index (χ1v) is 8.96. The predicted molar refractivity (Wildman–Crippen MR) is 106 cm³/mol. The van der Waals surface area contributed by atoms with Crippen LogP contribution in [0.15, 0.2) is 59.7 Å². The minimum absolute atomic E-state index is 0.402. The number of nitrogens with two attached hydrogens (primary N) is 1. The molecule has 3 aromatic rings. The zero-order chi connectivity index (χ0) is 18.1. The first kappa shape index (κ1) is 17.0. The second-order valence-corrected chi connectivity index (χ2v) is 7.33. The van der Waals surface area contributed by atoms with Gasteiger partial charge in [0, 0.05) is 11.6 Å². The monoisotopic (exact) mass is 365 g/mol. The van der Waals surface area contributed by atoms with Crippen LogP contribution in [0, 0.1) is 0 Å². The van der Waals surface area contributed by atoms with Crippen LogP contribution in [-0.4, -0.2) is 24.0 Å². The number of hydrogen-bond acceptors (Lipinski definition) is 4. The van der Waals surface area contributed by atoms with Crippen LogP contribution in [-0.2, 0) is 16.7 Å². The molecule has 0 aliphatic carbocycles. The molecule has 0 amide bonds. The Hall–Kier alpha value is -2.43. The van der Waals surface area contributed by atoms with E-state index in [0.717, 1.165) is 22.9 Å². The maximum atomic E-state index is 6.07. The third-order valence-electron chi connectivity index (χ3n) is 4.73. The third-order valence-corrected chi connectivity index (χ3v) is 4.93. The van der Waals surface area contributed by atoms with Crippen LogP contribution in [0.3, 0.4) is 0 Å². The van der Waals surface area contributed by atoms with Gasteiger partial charge in [-0.25, -0.2) is 0 Å². The van der Waals surface area contributed by atoms with E-state index in [9.17, 15) is 0 Å². The molecule has 1 aliphatic heterocycles. The largest absolute Gasteiger partial charge is 0.386 e. The highest BCUT2D eigenvalue weighted by Crippen LogP contribution is 2.30. The predicted octanol–water partition coefficient (Wildman–Crippen LogP) is 4.08. The number of fused-ring (bicyclic) bond motifs is 1. The Labute approximate surface area is 157 Å². The summed E-state index contributed by atoms with van der Waals surface area (Å²) in [5.41, 5.74) is 9.91. The zero-order valence-electron chi connectivity index (χ0n) is 14.6. The van der Waals surface area contributed by atoms with Gasteiger partial charge < -0.3 is 10.5 Å². The fraction of sp³-hybridized carbons (Fsp3) is 0.238. The maximum Gasteiger partial charge on any atom is 0.121 e. The van der Waals surface area contributed by atoms with Crippen LogP contribution in [0.4, 0.5) is 0 Å². The fourth-order valence-electron chi connectivity index (χ4n) is 3.46. The Bertz CT molecular complexity index is 1000. The van der Waals surface area contributed by atoms with Crippen molar-refractivity contribution in [2.24, 2.45) is 10.7 Å². The lowest BCUT2D eigenvalue weighted by atomic mass is 9.90. The van der Waals surface area contributed by atoms with Crippen molar-refractivity contribution in [2.45, 2.75) is 18.9 Å². The van der Waals surface area contributed by atoms with Crippen LogP contribution in [0.5, 0.6) is 0 Å². The van der Waals surface area contributed by atoms with Crippen molar-refractivity contribution in [1.82, 2.24) is 4.98 Å². The molecular formula is C21H20ClN3O. The van der Waals surface area contributed by atoms with Crippen LogP contribution in [0.2, 0.25) is 5.02 Å². The third kappa shape index (κ3) is 3.30. The smallest absolute Gasteiger partial charge is 0.121 e. The van der Waals surface area contributed by atoms with E-state index in [0.29, 0.717) is 24.1 Å². The van der Waals surface area contributed by atoms with Gasteiger partial charge in [-0.1, -0.05) is 54.1 Å². The van der Waals surface area contributed by atoms with E-state index < -0.39 is 5.54 Å². The molecule has 26 heavy (non-hydrogen) atoms. The number of hydrogen-bond donors (Lipinski definition) is 1. The van der Waals surface area contributed by atoms with E-state index in [4.69, 9.17) is 22.1 Å². The molecule has 0 saturated carbocycles. The normalized spacial score (nSPS) is 20.2. The van der Waals surface area contributed by atoms with Gasteiger partial charge in [-0.2, -0.15) is 0 Å². The number of nitrogens with zero attached hydrogens (tertiary/aromatic N) is 2. The molecule has 132 valence electrons. The highest BCUT2D eigenvalue weighted by atomic mass is 35.5. The van der Waals surface area contributed by atoms with Gasteiger partial charge in [-0.15, -0.1) is 0 Å². The summed E-state index contributed by atoms with van der Waals surface area (Å²) in [4.78, 5) is 9.16. The maximum absolute atomic E-state index is 6.07. The summed E-state index contributed by atoms with van der Waals surface area (Å²) in [7, 11) is 0. The molecule has 0 bridgehead atoms. The molecule has 1 aromatic heterocycles. The quantitative estimate of drug-likeness (QED) is 0.760. The van der Waals surface area contributed by atoms with E-state index in [1.165, 1.54) is 11.1 Å². The van der Waals surface area contributed by atoms with Gasteiger partial charge in [0.25, 0.3) is 0 Å². The number of aromatic nitrogens is 1. The van der Waals surface area contributed by atoms with Crippen molar-refractivity contribution in [2.75, 3.05) is 13.2 Å². The summed E-state index contributed by atoms with van der Waals surface area (Å²) >= 11 is 6.07. The van der Waals surface area contributed by atoms with Crippen molar-refractivity contribution in [3.8, 4) is 0 Å². The lowest BCUT2D eigenvalue weighted by molar-refractivity contribution is 0.106. The molecule has 1 unspecified atom stereocenters. The number of ether oxygens (including phenoxy) is 1. The van der Waals surface area contributed by atoms with Gasteiger partial charge >= 0.3 is 0 Å². The molecule has 0 spiro atoms. The van der Waals surface area contributed by atoms with Crippen LogP contribution < -0.4 is 5.73 Å². The van der Waals surface area contributed by atoms with Gasteiger partial charge in [0.2, 0.25) is 0 Å². The minimum atomic E-state index is -0.442. The SMILES string of the molecule is CC1(c2cccc(Cc3cccc4cc(Cl)cnc34)c2)COCC(N)=N1. The Morgan fingerprint density at radius 3 is 2.88 bits per heavy atom. The Morgan fingerprint density at radius 1 is 1.19 bits per heavy atom. The number of amidine groups is 1. The van der Waals surface area contributed by atoms with Crippen molar-refractivity contribution < 1.29 is 4.74 Å². The average Bonchev–Trinajstić information content (AvgIpc) is 2.62. The Kier molecular flexibility index (Phi) is 4.39. The number of aliphatic imine (C=N–C) groups is 1. The van der Waals surface area contributed by atoms with Crippen LogP contribution in [0.25, 0.3) is 10.9 Å². The molecule has 1 atom stereocenters. The molecule has 1 aliphatic rings. The summed E-state index contributed by atoms with van der Waals surface area (Å²) in [5, 5.41) is 1.70. The first-order valence-electron chi connectivity index (χ1n) is 8.58.